The molecule has 0 aliphatic heterocycles. The Bertz CT molecular complexity index is 1130. The van der Waals surface area contributed by atoms with Crippen molar-refractivity contribution in [3.8, 4) is 22.2 Å². The van der Waals surface area contributed by atoms with Crippen LogP contribution >= 0.6 is 34.7 Å². The molecule has 0 radical (unpaired) electrons. The molecule has 3 aromatic heterocycles. The number of rotatable bonds is 7. The van der Waals surface area contributed by atoms with Gasteiger partial charge in [-0.2, -0.15) is 0 Å². The lowest BCUT2D eigenvalue weighted by atomic mass is 10.2. The molecule has 0 spiro atoms. The molecular weight excluding hydrogens is 426 g/mol. The van der Waals surface area contributed by atoms with Gasteiger partial charge in [0.1, 0.15) is 0 Å². The number of hydrogen-bond donors (Lipinski definition) is 0. The second-order valence-corrected chi connectivity index (χ2v) is 8.94. The minimum atomic E-state index is 0.533. The zero-order chi connectivity index (χ0) is 20.4. The summed E-state index contributed by atoms with van der Waals surface area (Å²) in [6.07, 6.45) is 1.01. The standard InChI is InChI=1S/C20H20ClN5OS2/c1-4-15-12(3)9-16(29-15)19-24-22-17(27-19)11-28-20-25-23-18(26(20)5-2)13-7-6-8-14(21)10-13/h6-10H,4-5,11H2,1-3H3. The van der Waals surface area contributed by atoms with Gasteiger partial charge in [0.25, 0.3) is 5.89 Å². The molecule has 0 saturated carbocycles. The van der Waals surface area contributed by atoms with E-state index in [0.29, 0.717) is 22.6 Å². The lowest BCUT2D eigenvalue weighted by molar-refractivity contribution is 0.529. The minimum Gasteiger partial charge on any atom is -0.419 e. The zero-order valence-electron chi connectivity index (χ0n) is 16.3. The molecule has 0 aliphatic rings. The number of nitrogens with zero attached hydrogens (tertiary/aromatic N) is 5. The first-order chi connectivity index (χ1) is 14.1. The summed E-state index contributed by atoms with van der Waals surface area (Å²) in [6.45, 7) is 7.08. The summed E-state index contributed by atoms with van der Waals surface area (Å²) in [5.41, 5.74) is 2.21. The molecule has 1 aromatic carbocycles. The average Bonchev–Trinajstić information content (AvgIpc) is 3.43. The molecular formula is C20H20ClN5OS2. The Morgan fingerprint density at radius 1 is 1.14 bits per heavy atom. The summed E-state index contributed by atoms with van der Waals surface area (Å²) < 4.78 is 7.94. The van der Waals surface area contributed by atoms with E-state index in [1.54, 1.807) is 11.3 Å². The molecule has 150 valence electrons. The van der Waals surface area contributed by atoms with E-state index in [4.69, 9.17) is 16.0 Å². The van der Waals surface area contributed by atoms with Gasteiger partial charge >= 0.3 is 0 Å². The van der Waals surface area contributed by atoms with E-state index in [2.05, 4.69) is 51.8 Å². The first-order valence-electron chi connectivity index (χ1n) is 9.33. The Morgan fingerprint density at radius 3 is 2.72 bits per heavy atom. The van der Waals surface area contributed by atoms with Crippen molar-refractivity contribution in [3.05, 3.63) is 51.7 Å². The van der Waals surface area contributed by atoms with Crippen molar-refractivity contribution in [1.29, 1.82) is 0 Å². The van der Waals surface area contributed by atoms with E-state index < -0.39 is 0 Å². The third-order valence-electron chi connectivity index (χ3n) is 4.46. The van der Waals surface area contributed by atoms with Crippen LogP contribution in [0.25, 0.3) is 22.2 Å². The molecule has 0 atom stereocenters. The van der Waals surface area contributed by atoms with E-state index in [1.807, 2.05) is 24.3 Å². The van der Waals surface area contributed by atoms with Crippen LogP contribution in [0.1, 0.15) is 30.2 Å². The van der Waals surface area contributed by atoms with E-state index in [9.17, 15) is 0 Å². The monoisotopic (exact) mass is 445 g/mol. The van der Waals surface area contributed by atoms with E-state index in [0.717, 1.165) is 34.4 Å². The van der Waals surface area contributed by atoms with Crippen molar-refractivity contribution in [2.45, 2.75) is 44.6 Å². The summed E-state index contributed by atoms with van der Waals surface area (Å²) in [4.78, 5) is 2.36. The van der Waals surface area contributed by atoms with Gasteiger partial charge in [0, 0.05) is 22.0 Å². The fraction of sp³-hybridized carbons (Fsp3) is 0.300. The van der Waals surface area contributed by atoms with Crippen molar-refractivity contribution >= 4 is 34.7 Å². The Hall–Kier alpha value is -2.16. The predicted molar refractivity (Wildman–Crippen MR) is 117 cm³/mol. The third kappa shape index (κ3) is 4.24. The van der Waals surface area contributed by atoms with Gasteiger partial charge in [0.2, 0.25) is 5.89 Å². The molecule has 9 heteroatoms. The molecule has 6 nitrogen and oxygen atoms in total. The lowest BCUT2D eigenvalue weighted by Gasteiger charge is -2.06. The number of thioether (sulfide) groups is 1. The summed E-state index contributed by atoms with van der Waals surface area (Å²) in [5.74, 6) is 2.48. The first kappa shape index (κ1) is 20.1. The normalized spacial score (nSPS) is 11.3. The van der Waals surface area contributed by atoms with Gasteiger partial charge in [0.15, 0.2) is 11.0 Å². The van der Waals surface area contributed by atoms with Crippen molar-refractivity contribution in [2.75, 3.05) is 0 Å². The van der Waals surface area contributed by atoms with Gasteiger partial charge in [-0.15, -0.1) is 31.7 Å². The first-order valence-corrected chi connectivity index (χ1v) is 11.5. The van der Waals surface area contributed by atoms with Crippen LogP contribution in [0.4, 0.5) is 0 Å². The van der Waals surface area contributed by atoms with Crippen molar-refractivity contribution in [1.82, 2.24) is 25.0 Å². The maximum absolute atomic E-state index is 6.12. The van der Waals surface area contributed by atoms with Gasteiger partial charge in [-0.3, -0.25) is 0 Å². The fourth-order valence-corrected chi connectivity index (χ4v) is 5.10. The number of halogens is 1. The largest absolute Gasteiger partial charge is 0.419 e. The number of aryl methyl sites for hydroxylation is 2. The van der Waals surface area contributed by atoms with Gasteiger partial charge in [-0.25, -0.2) is 0 Å². The van der Waals surface area contributed by atoms with Crippen LogP contribution in [-0.4, -0.2) is 25.0 Å². The van der Waals surface area contributed by atoms with Crippen molar-refractivity contribution < 1.29 is 4.42 Å². The molecule has 0 amide bonds. The quantitative estimate of drug-likeness (QED) is 0.330. The number of thiophene rings is 1. The third-order valence-corrected chi connectivity index (χ3v) is 7.02. The maximum atomic E-state index is 6.12. The highest BCUT2D eigenvalue weighted by Gasteiger charge is 2.17. The molecule has 0 unspecified atom stereocenters. The molecule has 0 bridgehead atoms. The summed E-state index contributed by atoms with van der Waals surface area (Å²) in [7, 11) is 0. The Kier molecular flexibility index (Phi) is 6.03. The lowest BCUT2D eigenvalue weighted by Crippen LogP contribution is -2.00. The van der Waals surface area contributed by atoms with Crippen molar-refractivity contribution in [3.63, 3.8) is 0 Å². The number of aromatic nitrogens is 5. The summed E-state index contributed by atoms with van der Waals surface area (Å²) in [5, 5.41) is 18.6. The number of benzene rings is 1. The van der Waals surface area contributed by atoms with E-state index in [1.165, 1.54) is 22.2 Å². The highest BCUT2D eigenvalue weighted by Crippen LogP contribution is 2.32. The van der Waals surface area contributed by atoms with E-state index >= 15 is 0 Å². The van der Waals surface area contributed by atoms with Crippen LogP contribution in [0.3, 0.4) is 0 Å². The van der Waals surface area contributed by atoms with Gasteiger partial charge in [0.05, 0.1) is 10.6 Å². The second-order valence-electron chi connectivity index (χ2n) is 6.42. The summed E-state index contributed by atoms with van der Waals surface area (Å²) in [6, 6.07) is 9.74. The van der Waals surface area contributed by atoms with Gasteiger partial charge < -0.3 is 8.98 Å². The molecule has 4 rings (SSSR count). The van der Waals surface area contributed by atoms with Crippen molar-refractivity contribution in [2.24, 2.45) is 0 Å². The molecule has 0 saturated heterocycles. The average molecular weight is 446 g/mol. The highest BCUT2D eigenvalue weighted by molar-refractivity contribution is 7.98. The predicted octanol–water partition coefficient (Wildman–Crippen LogP) is 5.89. The summed E-state index contributed by atoms with van der Waals surface area (Å²) >= 11 is 9.36. The zero-order valence-corrected chi connectivity index (χ0v) is 18.7. The molecule has 0 aliphatic carbocycles. The topological polar surface area (TPSA) is 69.6 Å². The smallest absolute Gasteiger partial charge is 0.257 e. The molecule has 4 aromatic rings. The fourth-order valence-electron chi connectivity index (χ4n) is 3.04. The SMILES string of the molecule is CCc1sc(-c2nnc(CSc3nnc(-c4cccc(Cl)c4)n3CC)o2)cc1C. The maximum Gasteiger partial charge on any atom is 0.257 e. The molecule has 29 heavy (non-hydrogen) atoms. The van der Waals surface area contributed by atoms with Crippen LogP contribution in [0.15, 0.2) is 39.9 Å². The van der Waals surface area contributed by atoms with Crippen LogP contribution in [0, 0.1) is 6.92 Å². The molecule has 0 fully saturated rings. The van der Waals surface area contributed by atoms with Crippen LogP contribution in [-0.2, 0) is 18.7 Å². The second kappa shape index (κ2) is 8.69. The molecule has 0 N–H and O–H groups in total. The van der Waals surface area contributed by atoms with Crippen LogP contribution < -0.4 is 0 Å². The molecule has 3 heterocycles. The highest BCUT2D eigenvalue weighted by atomic mass is 35.5. The van der Waals surface area contributed by atoms with E-state index in [-0.39, 0.29) is 0 Å². The Labute approximate surface area is 182 Å². The van der Waals surface area contributed by atoms with Crippen LogP contribution in [0.5, 0.6) is 0 Å². The Morgan fingerprint density at radius 2 is 2.00 bits per heavy atom. The van der Waals surface area contributed by atoms with Gasteiger partial charge in [-0.1, -0.05) is 42.4 Å². The number of hydrogen-bond acceptors (Lipinski definition) is 7. The minimum absolute atomic E-state index is 0.533. The van der Waals surface area contributed by atoms with Crippen LogP contribution in [0.2, 0.25) is 5.02 Å². The Balaban J connectivity index is 1.50. The van der Waals surface area contributed by atoms with Gasteiger partial charge in [-0.05, 0) is 44.0 Å².